The van der Waals surface area contributed by atoms with Gasteiger partial charge < -0.3 is 15.4 Å². The minimum atomic E-state index is -3.80. The van der Waals surface area contributed by atoms with E-state index in [0.29, 0.717) is 12.3 Å². The summed E-state index contributed by atoms with van der Waals surface area (Å²) in [5.41, 5.74) is 1.02. The first-order valence-electron chi connectivity index (χ1n) is 9.78. The van der Waals surface area contributed by atoms with Crippen LogP contribution in [0, 0.1) is 6.92 Å². The second kappa shape index (κ2) is 10.2. The summed E-state index contributed by atoms with van der Waals surface area (Å²) in [5.74, 6) is -0.0110. The van der Waals surface area contributed by atoms with Crippen molar-refractivity contribution in [1.82, 2.24) is 10.6 Å². The SMILES string of the molecule is CCOc1ccc(NC(=O)CSC2NCC(S(=O)(=O)c3ccc(C)cc3)C(=O)N2)cc1. The standard InChI is InChI=1S/C21H25N3O5S2/c1-3-29-16-8-6-15(7-9-16)23-19(25)13-30-21-22-12-18(20(26)24-21)31(27,28)17-10-4-14(2)5-11-17/h4-11,18,21-22H,3,12-13H2,1-2H3,(H,23,25)(H,24,26). The number of nitrogens with one attached hydrogen (secondary N) is 3. The van der Waals surface area contributed by atoms with Crippen LogP contribution in [-0.2, 0) is 19.4 Å². The fraction of sp³-hybridized carbons (Fsp3) is 0.333. The van der Waals surface area contributed by atoms with Crippen molar-refractivity contribution in [3.63, 3.8) is 0 Å². The first-order chi connectivity index (χ1) is 14.8. The maximum absolute atomic E-state index is 12.8. The van der Waals surface area contributed by atoms with Crippen LogP contribution in [0.15, 0.2) is 53.4 Å². The fourth-order valence-electron chi connectivity index (χ4n) is 2.98. The van der Waals surface area contributed by atoms with Crippen molar-refractivity contribution in [1.29, 1.82) is 0 Å². The number of amides is 2. The van der Waals surface area contributed by atoms with E-state index in [9.17, 15) is 18.0 Å². The minimum Gasteiger partial charge on any atom is -0.494 e. The largest absolute Gasteiger partial charge is 0.494 e. The van der Waals surface area contributed by atoms with Crippen LogP contribution in [0.4, 0.5) is 5.69 Å². The molecule has 166 valence electrons. The van der Waals surface area contributed by atoms with Gasteiger partial charge in [-0.15, -0.1) is 11.8 Å². The van der Waals surface area contributed by atoms with Crippen molar-refractivity contribution >= 4 is 39.1 Å². The lowest BCUT2D eigenvalue weighted by atomic mass is 10.2. The number of hydrogen-bond acceptors (Lipinski definition) is 7. The van der Waals surface area contributed by atoms with Gasteiger partial charge in [-0.1, -0.05) is 17.7 Å². The Morgan fingerprint density at radius 1 is 1.16 bits per heavy atom. The van der Waals surface area contributed by atoms with E-state index in [1.165, 1.54) is 23.9 Å². The average Bonchev–Trinajstić information content (AvgIpc) is 2.74. The van der Waals surface area contributed by atoms with E-state index in [2.05, 4.69) is 16.0 Å². The van der Waals surface area contributed by atoms with Gasteiger partial charge in [-0.3, -0.25) is 14.9 Å². The lowest BCUT2D eigenvalue weighted by Crippen LogP contribution is -2.59. The first kappa shape index (κ1) is 23.1. The van der Waals surface area contributed by atoms with Crippen LogP contribution < -0.4 is 20.7 Å². The van der Waals surface area contributed by atoms with Crippen LogP contribution in [0.3, 0.4) is 0 Å². The molecule has 8 nitrogen and oxygen atoms in total. The number of hydrogen-bond donors (Lipinski definition) is 3. The molecular formula is C21H25N3O5S2. The third-order valence-corrected chi connectivity index (χ3v) is 7.71. The Labute approximate surface area is 186 Å². The Balaban J connectivity index is 1.50. The number of ether oxygens (including phenoxy) is 1. The van der Waals surface area contributed by atoms with E-state index in [1.807, 2.05) is 13.8 Å². The van der Waals surface area contributed by atoms with Crippen LogP contribution in [-0.4, -0.2) is 49.9 Å². The van der Waals surface area contributed by atoms with E-state index in [4.69, 9.17) is 4.74 Å². The van der Waals surface area contributed by atoms with E-state index >= 15 is 0 Å². The van der Waals surface area contributed by atoms with E-state index in [0.717, 1.165) is 11.3 Å². The molecule has 0 spiro atoms. The predicted octanol–water partition coefficient (Wildman–Crippen LogP) is 1.91. The Bertz CT molecular complexity index is 1020. The number of thioether (sulfide) groups is 1. The quantitative estimate of drug-likeness (QED) is 0.548. The molecule has 2 atom stereocenters. The monoisotopic (exact) mass is 463 g/mol. The molecule has 1 fully saturated rings. The highest BCUT2D eigenvalue weighted by molar-refractivity contribution is 8.00. The molecule has 1 saturated heterocycles. The van der Waals surface area contributed by atoms with Gasteiger partial charge in [0.25, 0.3) is 0 Å². The van der Waals surface area contributed by atoms with Crippen LogP contribution in [0.2, 0.25) is 0 Å². The van der Waals surface area contributed by atoms with Crippen molar-refractivity contribution in [2.75, 3.05) is 24.2 Å². The Morgan fingerprint density at radius 3 is 2.45 bits per heavy atom. The molecule has 1 heterocycles. The summed E-state index contributed by atoms with van der Waals surface area (Å²) < 4.78 is 30.9. The Morgan fingerprint density at radius 2 is 1.84 bits per heavy atom. The fourth-order valence-corrected chi connectivity index (χ4v) is 5.29. The molecule has 0 saturated carbocycles. The highest BCUT2D eigenvalue weighted by Gasteiger charge is 2.38. The van der Waals surface area contributed by atoms with Crippen molar-refractivity contribution in [2.45, 2.75) is 29.5 Å². The van der Waals surface area contributed by atoms with Crippen molar-refractivity contribution in [3.05, 3.63) is 54.1 Å². The number of rotatable bonds is 8. The molecular weight excluding hydrogens is 438 g/mol. The predicted molar refractivity (Wildman–Crippen MR) is 121 cm³/mol. The molecule has 31 heavy (non-hydrogen) atoms. The normalized spacial score (nSPS) is 18.8. The second-order valence-corrected chi connectivity index (χ2v) is 10.2. The zero-order valence-corrected chi connectivity index (χ0v) is 18.9. The van der Waals surface area contributed by atoms with Gasteiger partial charge in [-0.2, -0.15) is 0 Å². The first-order valence-corrected chi connectivity index (χ1v) is 12.4. The number of benzene rings is 2. The topological polar surface area (TPSA) is 114 Å². The van der Waals surface area contributed by atoms with Gasteiger partial charge in [0.1, 0.15) is 11.2 Å². The van der Waals surface area contributed by atoms with Gasteiger partial charge >= 0.3 is 0 Å². The molecule has 3 rings (SSSR count). The summed E-state index contributed by atoms with van der Waals surface area (Å²) in [4.78, 5) is 24.8. The van der Waals surface area contributed by atoms with Crippen LogP contribution in [0.25, 0.3) is 0 Å². The van der Waals surface area contributed by atoms with Gasteiger partial charge in [0.05, 0.1) is 17.3 Å². The van der Waals surface area contributed by atoms with Crippen LogP contribution in [0.5, 0.6) is 5.75 Å². The number of carbonyl (C=O) groups is 2. The summed E-state index contributed by atoms with van der Waals surface area (Å²) in [6.45, 7) is 4.29. The van der Waals surface area contributed by atoms with Gasteiger partial charge in [-0.05, 0) is 50.2 Å². The summed E-state index contributed by atoms with van der Waals surface area (Å²) >= 11 is 1.18. The van der Waals surface area contributed by atoms with E-state index in [1.54, 1.807) is 36.4 Å². The molecule has 10 heteroatoms. The summed E-state index contributed by atoms with van der Waals surface area (Å²) in [7, 11) is -3.80. The van der Waals surface area contributed by atoms with E-state index < -0.39 is 26.5 Å². The van der Waals surface area contributed by atoms with Gasteiger partial charge in [0.15, 0.2) is 15.1 Å². The molecule has 3 N–H and O–H groups in total. The molecule has 0 aromatic heterocycles. The van der Waals surface area contributed by atoms with E-state index in [-0.39, 0.29) is 23.1 Å². The minimum absolute atomic E-state index is 0.0276. The zero-order valence-electron chi connectivity index (χ0n) is 17.3. The average molecular weight is 464 g/mol. The van der Waals surface area contributed by atoms with Gasteiger partial charge in [-0.25, -0.2) is 8.42 Å². The highest BCUT2D eigenvalue weighted by atomic mass is 32.2. The third-order valence-electron chi connectivity index (χ3n) is 4.61. The number of carbonyl (C=O) groups excluding carboxylic acids is 2. The lowest BCUT2D eigenvalue weighted by Gasteiger charge is -2.29. The smallest absolute Gasteiger partial charge is 0.241 e. The van der Waals surface area contributed by atoms with Crippen LogP contribution in [0.1, 0.15) is 12.5 Å². The molecule has 0 aliphatic carbocycles. The molecule has 1 aliphatic heterocycles. The molecule has 1 aliphatic rings. The Kier molecular flexibility index (Phi) is 7.58. The Hall–Kier alpha value is -2.56. The molecule has 2 aromatic rings. The van der Waals surface area contributed by atoms with Crippen LogP contribution >= 0.6 is 11.8 Å². The van der Waals surface area contributed by atoms with Gasteiger partial charge in [0.2, 0.25) is 11.8 Å². The summed E-state index contributed by atoms with van der Waals surface area (Å²) in [6.07, 6.45) is 0. The lowest BCUT2D eigenvalue weighted by molar-refractivity contribution is -0.122. The third kappa shape index (κ3) is 5.99. The number of aryl methyl sites for hydroxylation is 1. The molecule has 0 bridgehead atoms. The van der Waals surface area contributed by atoms with Crippen molar-refractivity contribution in [2.24, 2.45) is 0 Å². The maximum Gasteiger partial charge on any atom is 0.241 e. The molecule has 2 amide bonds. The zero-order chi connectivity index (χ0) is 22.4. The van der Waals surface area contributed by atoms with Crippen molar-refractivity contribution in [3.8, 4) is 5.75 Å². The summed E-state index contributed by atoms with van der Waals surface area (Å²) in [5, 5.41) is 7.17. The van der Waals surface area contributed by atoms with Crippen molar-refractivity contribution < 1.29 is 22.7 Å². The molecule has 0 radical (unpaired) electrons. The molecule has 2 unspecified atom stereocenters. The highest BCUT2D eigenvalue weighted by Crippen LogP contribution is 2.21. The second-order valence-electron chi connectivity index (χ2n) is 6.96. The number of sulfone groups is 1. The maximum atomic E-state index is 12.8. The number of anilines is 1. The van der Waals surface area contributed by atoms with Gasteiger partial charge in [0, 0.05) is 12.2 Å². The summed E-state index contributed by atoms with van der Waals surface area (Å²) in [6, 6.07) is 13.4. The molecule has 2 aromatic carbocycles.